The Morgan fingerprint density at radius 1 is 1.69 bits per heavy atom. The van der Waals surface area contributed by atoms with Gasteiger partial charge in [0.15, 0.2) is 0 Å². The predicted octanol–water partition coefficient (Wildman–Crippen LogP) is 0.627. The van der Waals surface area contributed by atoms with E-state index in [9.17, 15) is 0 Å². The molecule has 1 unspecified atom stereocenters. The highest BCUT2D eigenvalue weighted by atomic mass is 16.5. The summed E-state index contributed by atoms with van der Waals surface area (Å²) in [4.78, 5) is 4.00. The van der Waals surface area contributed by atoms with Crippen LogP contribution in [0.25, 0.3) is 0 Å². The maximum atomic E-state index is 5.28. The zero-order chi connectivity index (χ0) is 9.90. The number of ether oxygens (including phenoxy) is 1. The van der Waals surface area contributed by atoms with Crippen LogP contribution in [0.1, 0.15) is 26.1 Å². The summed E-state index contributed by atoms with van der Waals surface area (Å²) >= 11 is 0. The third kappa shape index (κ3) is 1.78. The Morgan fingerprint density at radius 3 is 2.77 bits per heavy atom. The molecule has 6 heteroatoms. The van der Waals surface area contributed by atoms with Gasteiger partial charge in [0.05, 0.1) is 0 Å². The van der Waals surface area contributed by atoms with Crippen molar-refractivity contribution in [2.45, 2.75) is 25.9 Å². The number of nitrogens with zero attached hydrogens (tertiary/aromatic N) is 2. The van der Waals surface area contributed by atoms with Gasteiger partial charge in [-0.05, 0) is 13.3 Å². The van der Waals surface area contributed by atoms with Crippen LogP contribution >= 0.6 is 0 Å². The summed E-state index contributed by atoms with van der Waals surface area (Å²) in [6.07, 6.45) is 0.757. The van der Waals surface area contributed by atoms with E-state index in [1.54, 1.807) is 7.11 Å². The second-order valence-corrected chi connectivity index (χ2v) is 2.86. The molecular formula is C7H14N4O2. The monoisotopic (exact) mass is 186 g/mol. The first-order valence-corrected chi connectivity index (χ1v) is 4.02. The van der Waals surface area contributed by atoms with Crippen molar-refractivity contribution in [3.8, 4) is 0 Å². The Morgan fingerprint density at radius 2 is 2.38 bits per heavy atom. The predicted molar refractivity (Wildman–Crippen MR) is 46.8 cm³/mol. The molecule has 1 aromatic rings. The van der Waals surface area contributed by atoms with Gasteiger partial charge in [-0.15, -0.1) is 0 Å². The average molecular weight is 186 g/mol. The largest absolute Gasteiger partial charge is 0.370 e. The van der Waals surface area contributed by atoms with E-state index >= 15 is 0 Å². The van der Waals surface area contributed by atoms with Crippen LogP contribution in [0.2, 0.25) is 0 Å². The Bertz CT molecular complexity index is 269. The maximum absolute atomic E-state index is 5.28. The van der Waals surface area contributed by atoms with Gasteiger partial charge in [-0.2, -0.15) is 4.98 Å². The van der Waals surface area contributed by atoms with E-state index in [4.69, 9.17) is 15.1 Å². The number of nitrogens with two attached hydrogens (primary N) is 1. The first-order chi connectivity index (χ1) is 6.16. The zero-order valence-corrected chi connectivity index (χ0v) is 8.00. The van der Waals surface area contributed by atoms with Gasteiger partial charge in [0.25, 0.3) is 0 Å². The molecule has 0 amide bonds. The smallest absolute Gasteiger partial charge is 0.335 e. The van der Waals surface area contributed by atoms with E-state index in [2.05, 4.69) is 15.6 Å². The van der Waals surface area contributed by atoms with Gasteiger partial charge in [-0.25, -0.2) is 5.84 Å². The number of nitrogen functional groups attached to an aromatic ring is 1. The zero-order valence-electron chi connectivity index (χ0n) is 8.00. The molecule has 1 rings (SSSR count). The standard InChI is InChI=1S/C7H14N4O2/c1-4-7(2,12-3)5-9-6(10-8)13-11-5/h4,8H2,1-3H3,(H,9,10,11). The minimum Gasteiger partial charge on any atom is -0.370 e. The Hall–Kier alpha value is -1.14. The molecule has 0 aliphatic heterocycles. The van der Waals surface area contributed by atoms with Gasteiger partial charge in [0.1, 0.15) is 5.60 Å². The summed E-state index contributed by atoms with van der Waals surface area (Å²) < 4.78 is 10.1. The van der Waals surface area contributed by atoms with E-state index in [1.807, 2.05) is 13.8 Å². The van der Waals surface area contributed by atoms with Gasteiger partial charge in [-0.3, -0.25) is 5.43 Å². The summed E-state index contributed by atoms with van der Waals surface area (Å²) in [6, 6.07) is 0.187. The van der Waals surface area contributed by atoms with Crippen molar-refractivity contribution in [1.82, 2.24) is 10.1 Å². The molecule has 0 aliphatic carbocycles. The lowest BCUT2D eigenvalue weighted by Gasteiger charge is -2.21. The minimum atomic E-state index is -0.515. The Kier molecular flexibility index (Phi) is 2.84. The second-order valence-electron chi connectivity index (χ2n) is 2.86. The molecule has 1 heterocycles. The minimum absolute atomic E-state index is 0.187. The molecule has 6 nitrogen and oxygen atoms in total. The first kappa shape index (κ1) is 9.94. The molecule has 0 spiro atoms. The molecule has 13 heavy (non-hydrogen) atoms. The van der Waals surface area contributed by atoms with Crippen LogP contribution in [0.4, 0.5) is 6.01 Å². The molecule has 0 aromatic carbocycles. The van der Waals surface area contributed by atoms with Crippen LogP contribution in [-0.4, -0.2) is 17.3 Å². The quantitative estimate of drug-likeness (QED) is 0.529. The van der Waals surface area contributed by atoms with E-state index in [1.165, 1.54) is 0 Å². The van der Waals surface area contributed by atoms with E-state index in [0.29, 0.717) is 5.82 Å². The Balaban J connectivity index is 2.91. The number of anilines is 1. The molecule has 74 valence electrons. The lowest BCUT2D eigenvalue weighted by atomic mass is 10.0. The van der Waals surface area contributed by atoms with Crippen molar-refractivity contribution < 1.29 is 9.26 Å². The summed E-state index contributed by atoms with van der Waals surface area (Å²) in [5, 5.41) is 3.75. The van der Waals surface area contributed by atoms with Gasteiger partial charge >= 0.3 is 6.01 Å². The fourth-order valence-corrected chi connectivity index (χ4v) is 0.891. The van der Waals surface area contributed by atoms with Gasteiger partial charge in [-0.1, -0.05) is 12.1 Å². The third-order valence-electron chi connectivity index (χ3n) is 2.15. The summed E-state index contributed by atoms with van der Waals surface area (Å²) in [6.45, 7) is 3.87. The van der Waals surface area contributed by atoms with E-state index in [0.717, 1.165) is 6.42 Å². The molecule has 0 fully saturated rings. The molecule has 0 bridgehead atoms. The Labute approximate surface area is 76.4 Å². The van der Waals surface area contributed by atoms with Crippen molar-refractivity contribution in [1.29, 1.82) is 0 Å². The summed E-state index contributed by atoms with van der Waals surface area (Å²) in [7, 11) is 1.61. The van der Waals surface area contributed by atoms with Crippen LogP contribution in [-0.2, 0) is 10.3 Å². The SMILES string of the molecule is CCC(C)(OC)c1noc(NN)n1. The fraction of sp³-hybridized carbons (Fsp3) is 0.714. The number of aromatic nitrogens is 2. The molecule has 1 aromatic heterocycles. The number of hydrogen-bond donors (Lipinski definition) is 2. The van der Waals surface area contributed by atoms with Crippen molar-refractivity contribution in [2.24, 2.45) is 5.84 Å². The van der Waals surface area contributed by atoms with E-state index < -0.39 is 5.60 Å². The highest BCUT2D eigenvalue weighted by molar-refractivity contribution is 5.16. The number of hydrazine groups is 1. The van der Waals surface area contributed by atoms with Gasteiger partial charge in [0.2, 0.25) is 5.82 Å². The number of nitrogens with one attached hydrogen (secondary N) is 1. The molecule has 3 N–H and O–H groups in total. The van der Waals surface area contributed by atoms with Crippen LogP contribution < -0.4 is 11.3 Å². The van der Waals surface area contributed by atoms with Crippen molar-refractivity contribution in [3.05, 3.63) is 5.82 Å². The molecule has 0 saturated carbocycles. The fourth-order valence-electron chi connectivity index (χ4n) is 0.891. The van der Waals surface area contributed by atoms with Crippen molar-refractivity contribution >= 4 is 6.01 Å². The van der Waals surface area contributed by atoms with E-state index in [-0.39, 0.29) is 6.01 Å². The van der Waals surface area contributed by atoms with Crippen LogP contribution in [0, 0.1) is 0 Å². The van der Waals surface area contributed by atoms with Gasteiger partial charge in [0, 0.05) is 7.11 Å². The lowest BCUT2D eigenvalue weighted by molar-refractivity contribution is -0.0106. The highest BCUT2D eigenvalue weighted by Crippen LogP contribution is 2.25. The van der Waals surface area contributed by atoms with Crippen LogP contribution in [0.5, 0.6) is 0 Å². The number of rotatable bonds is 4. The number of methoxy groups -OCH3 is 1. The summed E-state index contributed by atoms with van der Waals surface area (Å²) in [5.41, 5.74) is 1.76. The molecule has 0 saturated heterocycles. The van der Waals surface area contributed by atoms with Crippen LogP contribution in [0.15, 0.2) is 4.52 Å². The second kappa shape index (κ2) is 3.71. The lowest BCUT2D eigenvalue weighted by Crippen LogP contribution is -2.24. The van der Waals surface area contributed by atoms with Crippen LogP contribution in [0.3, 0.4) is 0 Å². The number of hydrogen-bond acceptors (Lipinski definition) is 6. The topological polar surface area (TPSA) is 86.2 Å². The molecular weight excluding hydrogens is 172 g/mol. The summed E-state index contributed by atoms with van der Waals surface area (Å²) in [5.74, 6) is 5.59. The van der Waals surface area contributed by atoms with Crippen molar-refractivity contribution in [3.63, 3.8) is 0 Å². The third-order valence-corrected chi connectivity index (χ3v) is 2.15. The highest BCUT2D eigenvalue weighted by Gasteiger charge is 2.29. The first-order valence-electron chi connectivity index (χ1n) is 4.02. The maximum Gasteiger partial charge on any atom is 0.335 e. The molecule has 0 radical (unpaired) electrons. The normalized spacial score (nSPS) is 15.4. The molecule has 0 aliphatic rings. The molecule has 1 atom stereocenters. The van der Waals surface area contributed by atoms with Gasteiger partial charge < -0.3 is 9.26 Å². The average Bonchev–Trinajstić information content (AvgIpc) is 2.65. The van der Waals surface area contributed by atoms with Crippen molar-refractivity contribution in [2.75, 3.05) is 12.5 Å².